The number of rotatable bonds is 1. The van der Waals surface area contributed by atoms with E-state index < -0.39 is 0 Å². The summed E-state index contributed by atoms with van der Waals surface area (Å²) in [6.07, 6.45) is 8.89. The monoisotopic (exact) mass is 202 g/mol. The maximum atomic E-state index is 6.11. The van der Waals surface area contributed by atoms with Crippen molar-refractivity contribution < 1.29 is 0 Å². The Hall–Kier alpha value is -1.20. The normalized spacial score (nSPS) is 21.9. The summed E-state index contributed by atoms with van der Waals surface area (Å²) >= 11 is 0. The zero-order chi connectivity index (χ0) is 11.0. The first-order valence-electron chi connectivity index (χ1n) is 5.57. The molecular weight excluding hydrogens is 184 g/mol. The maximum Gasteiger partial charge on any atom is 0.0915 e. The van der Waals surface area contributed by atoms with Crippen LogP contribution in [0.25, 0.3) is 0 Å². The highest BCUT2D eigenvalue weighted by Crippen LogP contribution is 2.32. The number of nitrogens with zero attached hydrogens (tertiary/aromatic N) is 1. The van der Waals surface area contributed by atoms with Crippen molar-refractivity contribution in [3.63, 3.8) is 0 Å². The van der Waals surface area contributed by atoms with Gasteiger partial charge in [0.05, 0.1) is 6.04 Å². The SMILES string of the molecule is C#CC(C)n1c(C)cc2c1CCCC2N. The van der Waals surface area contributed by atoms with Gasteiger partial charge in [0.15, 0.2) is 0 Å². The van der Waals surface area contributed by atoms with Crippen LogP contribution in [0.5, 0.6) is 0 Å². The molecule has 0 aromatic carbocycles. The first-order chi connectivity index (χ1) is 7.15. The molecule has 0 amide bonds. The third kappa shape index (κ3) is 1.57. The van der Waals surface area contributed by atoms with Gasteiger partial charge in [-0.05, 0) is 44.7 Å². The Balaban J connectivity index is 2.52. The maximum absolute atomic E-state index is 6.11. The third-order valence-corrected chi connectivity index (χ3v) is 3.33. The Morgan fingerprint density at radius 3 is 3.07 bits per heavy atom. The molecule has 1 aliphatic rings. The Morgan fingerprint density at radius 2 is 2.40 bits per heavy atom. The lowest BCUT2D eigenvalue weighted by Crippen LogP contribution is -2.19. The van der Waals surface area contributed by atoms with Crippen LogP contribution in [-0.4, -0.2) is 4.57 Å². The summed E-state index contributed by atoms with van der Waals surface area (Å²) in [6, 6.07) is 2.55. The molecule has 2 unspecified atom stereocenters. The van der Waals surface area contributed by atoms with Crippen LogP contribution in [0.15, 0.2) is 6.07 Å². The topological polar surface area (TPSA) is 30.9 Å². The van der Waals surface area contributed by atoms with Crippen molar-refractivity contribution in [1.82, 2.24) is 4.57 Å². The van der Waals surface area contributed by atoms with Crippen molar-refractivity contribution in [3.05, 3.63) is 23.0 Å². The molecule has 2 rings (SSSR count). The summed E-state index contributed by atoms with van der Waals surface area (Å²) in [5.41, 5.74) is 10.0. The van der Waals surface area contributed by atoms with E-state index in [-0.39, 0.29) is 12.1 Å². The number of hydrogen-bond acceptors (Lipinski definition) is 1. The minimum absolute atomic E-state index is 0.138. The van der Waals surface area contributed by atoms with Crippen molar-refractivity contribution in [2.45, 2.75) is 45.2 Å². The number of nitrogens with two attached hydrogens (primary N) is 1. The summed E-state index contributed by atoms with van der Waals surface area (Å²) < 4.78 is 2.26. The van der Waals surface area contributed by atoms with E-state index in [2.05, 4.69) is 30.4 Å². The zero-order valence-electron chi connectivity index (χ0n) is 9.46. The first kappa shape index (κ1) is 10.3. The molecule has 2 N–H and O–H groups in total. The van der Waals surface area contributed by atoms with Gasteiger partial charge in [-0.15, -0.1) is 6.42 Å². The predicted molar refractivity (Wildman–Crippen MR) is 62.6 cm³/mol. The molecule has 0 aliphatic heterocycles. The lowest BCUT2D eigenvalue weighted by Gasteiger charge is -2.22. The van der Waals surface area contributed by atoms with E-state index in [1.54, 1.807) is 0 Å². The van der Waals surface area contributed by atoms with Crippen molar-refractivity contribution in [2.24, 2.45) is 5.73 Å². The number of fused-ring (bicyclic) bond motifs is 1. The van der Waals surface area contributed by atoms with Crippen molar-refractivity contribution >= 4 is 0 Å². The lowest BCUT2D eigenvalue weighted by molar-refractivity contribution is 0.531. The fourth-order valence-electron chi connectivity index (χ4n) is 2.57. The Morgan fingerprint density at radius 1 is 1.67 bits per heavy atom. The Bertz CT molecular complexity index is 409. The fraction of sp³-hybridized carbons (Fsp3) is 0.538. The number of terminal acetylenes is 1. The smallest absolute Gasteiger partial charge is 0.0915 e. The van der Waals surface area contributed by atoms with Crippen molar-refractivity contribution in [2.75, 3.05) is 0 Å². The molecule has 0 radical (unpaired) electrons. The number of aromatic nitrogens is 1. The minimum atomic E-state index is 0.138. The van der Waals surface area contributed by atoms with E-state index in [9.17, 15) is 0 Å². The van der Waals surface area contributed by atoms with E-state index in [1.165, 1.54) is 23.4 Å². The summed E-state index contributed by atoms with van der Waals surface area (Å²) in [6.45, 7) is 4.17. The van der Waals surface area contributed by atoms with Gasteiger partial charge in [0, 0.05) is 17.4 Å². The van der Waals surface area contributed by atoms with Crippen LogP contribution in [0.4, 0.5) is 0 Å². The second-order valence-corrected chi connectivity index (χ2v) is 4.40. The van der Waals surface area contributed by atoms with Gasteiger partial charge in [0.1, 0.15) is 0 Å². The Kier molecular flexibility index (Phi) is 2.58. The van der Waals surface area contributed by atoms with E-state index in [4.69, 9.17) is 12.2 Å². The van der Waals surface area contributed by atoms with Crippen LogP contribution in [0.1, 0.15) is 48.8 Å². The zero-order valence-corrected chi connectivity index (χ0v) is 9.46. The van der Waals surface area contributed by atoms with E-state index >= 15 is 0 Å². The highest BCUT2D eigenvalue weighted by molar-refractivity contribution is 5.34. The molecule has 0 spiro atoms. The third-order valence-electron chi connectivity index (χ3n) is 3.33. The molecule has 2 heteroatoms. The van der Waals surface area contributed by atoms with Gasteiger partial charge in [0.25, 0.3) is 0 Å². The van der Waals surface area contributed by atoms with Gasteiger partial charge >= 0.3 is 0 Å². The van der Waals surface area contributed by atoms with Gasteiger partial charge in [-0.2, -0.15) is 0 Å². The van der Waals surface area contributed by atoms with Gasteiger partial charge in [-0.25, -0.2) is 0 Å². The molecule has 80 valence electrons. The molecule has 0 saturated heterocycles. The van der Waals surface area contributed by atoms with E-state index in [1.807, 2.05) is 0 Å². The predicted octanol–water partition coefficient (Wildman–Crippen LogP) is 2.33. The standard InChI is InChI=1S/C13H18N2/c1-4-9(2)15-10(3)8-11-12(14)6-5-7-13(11)15/h1,8-9,12H,5-7,14H2,2-3H3. The molecule has 0 fully saturated rings. The van der Waals surface area contributed by atoms with Crippen LogP contribution in [0, 0.1) is 19.3 Å². The number of aryl methyl sites for hydroxylation is 1. The molecule has 1 aromatic rings. The van der Waals surface area contributed by atoms with Crippen LogP contribution in [0.2, 0.25) is 0 Å². The van der Waals surface area contributed by atoms with Gasteiger partial charge in [0.2, 0.25) is 0 Å². The largest absolute Gasteiger partial charge is 0.335 e. The molecule has 0 bridgehead atoms. The van der Waals surface area contributed by atoms with Crippen LogP contribution >= 0.6 is 0 Å². The molecule has 2 nitrogen and oxygen atoms in total. The highest BCUT2D eigenvalue weighted by Gasteiger charge is 2.23. The second-order valence-electron chi connectivity index (χ2n) is 4.40. The quantitative estimate of drug-likeness (QED) is 0.696. The minimum Gasteiger partial charge on any atom is -0.335 e. The van der Waals surface area contributed by atoms with Crippen molar-refractivity contribution in [3.8, 4) is 12.3 Å². The van der Waals surface area contributed by atoms with Crippen LogP contribution in [-0.2, 0) is 6.42 Å². The molecule has 0 saturated carbocycles. The van der Waals surface area contributed by atoms with Gasteiger partial charge < -0.3 is 10.3 Å². The summed E-state index contributed by atoms with van der Waals surface area (Å²) in [7, 11) is 0. The Labute approximate surface area is 91.5 Å². The molecule has 2 atom stereocenters. The molecule has 1 heterocycles. The van der Waals surface area contributed by atoms with Crippen LogP contribution < -0.4 is 5.73 Å². The summed E-state index contributed by atoms with van der Waals surface area (Å²) in [4.78, 5) is 0. The summed E-state index contributed by atoms with van der Waals surface area (Å²) in [5, 5.41) is 0. The van der Waals surface area contributed by atoms with Crippen molar-refractivity contribution in [1.29, 1.82) is 0 Å². The van der Waals surface area contributed by atoms with Crippen LogP contribution in [0.3, 0.4) is 0 Å². The second kappa shape index (κ2) is 3.75. The van der Waals surface area contributed by atoms with E-state index in [0.29, 0.717) is 0 Å². The summed E-state index contributed by atoms with van der Waals surface area (Å²) in [5.74, 6) is 2.80. The first-order valence-corrected chi connectivity index (χ1v) is 5.57. The lowest BCUT2D eigenvalue weighted by atomic mass is 9.93. The molecular formula is C13H18N2. The highest BCUT2D eigenvalue weighted by atomic mass is 15.0. The average molecular weight is 202 g/mol. The average Bonchev–Trinajstić information content (AvgIpc) is 2.55. The molecule has 15 heavy (non-hydrogen) atoms. The van der Waals surface area contributed by atoms with Gasteiger partial charge in [-0.3, -0.25) is 0 Å². The molecule has 1 aliphatic carbocycles. The number of hydrogen-bond donors (Lipinski definition) is 1. The van der Waals surface area contributed by atoms with Gasteiger partial charge in [-0.1, -0.05) is 5.92 Å². The molecule has 1 aromatic heterocycles. The van der Waals surface area contributed by atoms with E-state index in [0.717, 1.165) is 12.8 Å². The fourth-order valence-corrected chi connectivity index (χ4v) is 2.57.